The van der Waals surface area contributed by atoms with Gasteiger partial charge >= 0.3 is 6.03 Å². The molecule has 2 amide bonds. The Balaban J connectivity index is 1.80. The highest BCUT2D eigenvalue weighted by Crippen LogP contribution is 2.36. The fourth-order valence-corrected chi connectivity index (χ4v) is 4.40. The van der Waals surface area contributed by atoms with Crippen molar-refractivity contribution >= 4 is 58.5 Å². The second-order valence-electron chi connectivity index (χ2n) is 6.54. The van der Waals surface area contributed by atoms with Crippen molar-refractivity contribution in [1.82, 2.24) is 16.0 Å². The monoisotopic (exact) mass is 453 g/mol. The number of carbonyl (C=O) groups excluding carboxylic acids is 1. The number of amides is 2. The second kappa shape index (κ2) is 7.97. The van der Waals surface area contributed by atoms with Crippen LogP contribution >= 0.6 is 46.4 Å². The van der Waals surface area contributed by atoms with Crippen molar-refractivity contribution in [3.05, 3.63) is 84.5 Å². The third-order valence-electron chi connectivity index (χ3n) is 4.70. The second-order valence-corrected chi connectivity index (χ2v) is 8.22. The minimum absolute atomic E-state index is 0.287. The van der Waals surface area contributed by atoms with Gasteiger partial charge in [0.25, 0.3) is 0 Å². The Labute approximate surface area is 182 Å². The first-order valence-corrected chi connectivity index (χ1v) is 10.1. The summed E-state index contributed by atoms with van der Waals surface area (Å²) in [4.78, 5) is 12.4. The van der Waals surface area contributed by atoms with Crippen LogP contribution in [-0.4, -0.2) is 19.1 Å². The molecule has 4 rings (SSSR count). The lowest BCUT2D eigenvalue weighted by molar-refractivity contribution is 0.238. The fraction of sp³-hybridized carbons (Fsp3) is 0.150. The van der Waals surface area contributed by atoms with Crippen molar-refractivity contribution in [2.45, 2.75) is 6.04 Å². The van der Waals surface area contributed by atoms with E-state index in [1.54, 1.807) is 24.3 Å². The average molecular weight is 455 g/mol. The van der Waals surface area contributed by atoms with Gasteiger partial charge in [-0.25, -0.2) is 4.79 Å². The normalized spacial score (nSPS) is 20.6. The maximum absolute atomic E-state index is 12.4. The molecule has 1 unspecified atom stereocenters. The van der Waals surface area contributed by atoms with Gasteiger partial charge < -0.3 is 16.0 Å². The molecule has 0 aliphatic carbocycles. The summed E-state index contributed by atoms with van der Waals surface area (Å²) in [5, 5.41) is 11.4. The van der Waals surface area contributed by atoms with Crippen molar-refractivity contribution in [1.29, 1.82) is 0 Å². The number of benzene rings is 2. The first kappa shape index (κ1) is 19.6. The molecule has 28 heavy (non-hydrogen) atoms. The van der Waals surface area contributed by atoms with Crippen LogP contribution in [0.25, 0.3) is 6.08 Å². The van der Waals surface area contributed by atoms with Crippen LogP contribution < -0.4 is 16.0 Å². The molecular formula is C20H15Cl4N3O. The zero-order valence-electron chi connectivity index (χ0n) is 14.5. The topological polar surface area (TPSA) is 53.2 Å². The lowest BCUT2D eigenvalue weighted by Gasteiger charge is -2.35. The van der Waals surface area contributed by atoms with Gasteiger partial charge in [0.05, 0.1) is 6.04 Å². The molecule has 4 nitrogen and oxygen atoms in total. The fourth-order valence-electron chi connectivity index (χ4n) is 3.42. The van der Waals surface area contributed by atoms with Crippen molar-refractivity contribution in [2.75, 3.05) is 13.1 Å². The SMILES string of the molecule is O=C1NC2=C(CNC/C2=C\c2ccc(Cl)cc2Cl)C(c2ccc(Cl)cc2Cl)N1. The van der Waals surface area contributed by atoms with Gasteiger partial charge in [-0.05, 0) is 52.6 Å². The van der Waals surface area contributed by atoms with Gasteiger partial charge in [-0.15, -0.1) is 0 Å². The molecule has 0 aromatic heterocycles. The zero-order chi connectivity index (χ0) is 19.8. The maximum atomic E-state index is 12.4. The number of hydrogen-bond donors (Lipinski definition) is 3. The summed E-state index contributed by atoms with van der Waals surface area (Å²) in [7, 11) is 0. The molecule has 0 bridgehead atoms. The molecule has 2 aliphatic rings. The molecule has 2 aromatic carbocycles. The molecule has 8 heteroatoms. The molecule has 2 aromatic rings. The molecule has 0 spiro atoms. The van der Waals surface area contributed by atoms with E-state index in [0.29, 0.717) is 33.2 Å². The third kappa shape index (κ3) is 3.88. The maximum Gasteiger partial charge on any atom is 0.319 e. The van der Waals surface area contributed by atoms with E-state index >= 15 is 0 Å². The Kier molecular flexibility index (Phi) is 5.59. The molecule has 1 atom stereocenters. The quantitative estimate of drug-likeness (QED) is 0.553. The van der Waals surface area contributed by atoms with Crippen LogP contribution in [0.5, 0.6) is 0 Å². The Morgan fingerprint density at radius 2 is 1.64 bits per heavy atom. The van der Waals surface area contributed by atoms with Gasteiger partial charge in [0.2, 0.25) is 0 Å². The highest BCUT2D eigenvalue weighted by Gasteiger charge is 2.32. The summed E-state index contributed by atoms with van der Waals surface area (Å²) in [6, 6.07) is 9.95. The number of halogens is 4. The van der Waals surface area contributed by atoms with Gasteiger partial charge in [0.1, 0.15) is 0 Å². The molecule has 2 aliphatic heterocycles. The molecule has 144 valence electrons. The predicted octanol–water partition coefficient (Wildman–Crippen LogP) is 5.60. The summed E-state index contributed by atoms with van der Waals surface area (Å²) in [6.07, 6.45) is 1.95. The molecule has 0 saturated carbocycles. The van der Waals surface area contributed by atoms with Crippen molar-refractivity contribution in [3.8, 4) is 0 Å². The van der Waals surface area contributed by atoms with E-state index in [-0.39, 0.29) is 12.1 Å². The third-order valence-corrected chi connectivity index (χ3v) is 5.83. The van der Waals surface area contributed by atoms with E-state index < -0.39 is 0 Å². The van der Waals surface area contributed by atoms with Gasteiger partial charge in [-0.3, -0.25) is 0 Å². The number of nitrogens with one attached hydrogen (secondary N) is 3. The number of hydrogen-bond acceptors (Lipinski definition) is 2. The Hall–Kier alpha value is -1.69. The standard InChI is InChI=1S/C20H15Cl4N3O/c21-12-2-1-10(16(23)6-12)5-11-8-25-9-15-18(11)26-20(28)27-19(15)14-4-3-13(22)7-17(14)24/h1-7,19,25H,8-9H2,(H2,26,27,28)/b11-5+. The van der Waals surface area contributed by atoms with E-state index in [1.165, 1.54) is 0 Å². The summed E-state index contributed by atoms with van der Waals surface area (Å²) in [6.45, 7) is 1.21. The number of carbonyl (C=O) groups is 1. The van der Waals surface area contributed by atoms with Crippen LogP contribution in [0.15, 0.2) is 53.2 Å². The summed E-state index contributed by atoms with van der Waals surface area (Å²) < 4.78 is 0. The Bertz CT molecular complexity index is 1030. The number of rotatable bonds is 2. The highest BCUT2D eigenvalue weighted by atomic mass is 35.5. The van der Waals surface area contributed by atoms with E-state index in [0.717, 1.165) is 28.0 Å². The van der Waals surface area contributed by atoms with Gasteiger partial charge in [0, 0.05) is 38.9 Å². The summed E-state index contributed by atoms with van der Waals surface area (Å²) in [5.41, 5.74) is 4.32. The van der Waals surface area contributed by atoms with Crippen molar-refractivity contribution in [2.24, 2.45) is 0 Å². The Morgan fingerprint density at radius 3 is 2.36 bits per heavy atom. The zero-order valence-corrected chi connectivity index (χ0v) is 17.5. The van der Waals surface area contributed by atoms with Crippen LogP contribution in [0.4, 0.5) is 4.79 Å². The van der Waals surface area contributed by atoms with Gasteiger partial charge in [0.15, 0.2) is 0 Å². The predicted molar refractivity (Wildman–Crippen MR) is 115 cm³/mol. The average Bonchev–Trinajstić information content (AvgIpc) is 2.64. The molecule has 2 heterocycles. The van der Waals surface area contributed by atoms with Crippen LogP contribution in [0.1, 0.15) is 17.2 Å². The van der Waals surface area contributed by atoms with Crippen LogP contribution in [0, 0.1) is 0 Å². The largest absolute Gasteiger partial charge is 0.327 e. The highest BCUT2D eigenvalue weighted by molar-refractivity contribution is 6.36. The first-order valence-electron chi connectivity index (χ1n) is 8.54. The Morgan fingerprint density at radius 1 is 0.929 bits per heavy atom. The minimum atomic E-state index is -0.356. The van der Waals surface area contributed by atoms with Crippen LogP contribution in [0.3, 0.4) is 0 Å². The van der Waals surface area contributed by atoms with Gasteiger partial charge in [-0.2, -0.15) is 0 Å². The minimum Gasteiger partial charge on any atom is -0.327 e. The summed E-state index contributed by atoms with van der Waals surface area (Å²) in [5.74, 6) is 0. The lowest BCUT2D eigenvalue weighted by atomic mass is 9.89. The van der Waals surface area contributed by atoms with E-state index in [2.05, 4.69) is 16.0 Å². The van der Waals surface area contributed by atoms with E-state index in [1.807, 2.05) is 18.2 Å². The van der Waals surface area contributed by atoms with Crippen molar-refractivity contribution < 1.29 is 4.79 Å². The van der Waals surface area contributed by atoms with Crippen LogP contribution in [-0.2, 0) is 0 Å². The molecule has 0 fully saturated rings. The number of urea groups is 1. The summed E-state index contributed by atoms with van der Waals surface area (Å²) >= 11 is 24.7. The van der Waals surface area contributed by atoms with Crippen molar-refractivity contribution in [3.63, 3.8) is 0 Å². The lowest BCUT2D eigenvalue weighted by Crippen LogP contribution is -2.49. The van der Waals surface area contributed by atoms with Crippen LogP contribution in [0.2, 0.25) is 20.1 Å². The van der Waals surface area contributed by atoms with Gasteiger partial charge in [-0.1, -0.05) is 58.5 Å². The van der Waals surface area contributed by atoms with E-state index in [4.69, 9.17) is 46.4 Å². The molecule has 0 saturated heterocycles. The smallest absolute Gasteiger partial charge is 0.319 e. The van der Waals surface area contributed by atoms with E-state index in [9.17, 15) is 4.79 Å². The molecule has 0 radical (unpaired) electrons. The first-order chi connectivity index (χ1) is 13.4. The molecular weight excluding hydrogens is 440 g/mol. The molecule has 3 N–H and O–H groups in total.